The molecule has 28 heavy (non-hydrogen) atoms. The molecule has 0 heterocycles. The van der Waals surface area contributed by atoms with Crippen LogP contribution in [0.4, 0.5) is 0 Å². The molecule has 0 radical (unpaired) electrons. The van der Waals surface area contributed by atoms with Crippen LogP contribution in [0.1, 0.15) is 22.3 Å². The minimum absolute atomic E-state index is 0.0616. The zero-order chi connectivity index (χ0) is 19.3. The van der Waals surface area contributed by atoms with Gasteiger partial charge in [0.1, 0.15) is 0 Å². The molecule has 0 amide bonds. The van der Waals surface area contributed by atoms with E-state index < -0.39 is 0 Å². The van der Waals surface area contributed by atoms with E-state index in [-0.39, 0.29) is 13.2 Å². The van der Waals surface area contributed by atoms with Gasteiger partial charge in [-0.05, 0) is 43.8 Å². The number of aliphatic hydroxyl groups is 2. The molecule has 0 saturated heterocycles. The molecule has 0 spiro atoms. The van der Waals surface area contributed by atoms with Crippen LogP contribution in [0.3, 0.4) is 0 Å². The van der Waals surface area contributed by atoms with Crippen molar-refractivity contribution in [3.05, 3.63) is 95.1 Å². The van der Waals surface area contributed by atoms with Crippen LogP contribution in [0.5, 0.6) is 0 Å². The maximum Gasteiger partial charge on any atom is 0.0687 e. The highest BCUT2D eigenvalue weighted by Gasteiger charge is 2.08. The highest BCUT2D eigenvalue weighted by Crippen LogP contribution is 2.35. The Hall–Kier alpha value is -1.98. The van der Waals surface area contributed by atoms with Gasteiger partial charge in [-0.3, -0.25) is 0 Å². The Balaban J connectivity index is 1.51. The van der Waals surface area contributed by atoms with Crippen molar-refractivity contribution in [3.8, 4) is 0 Å². The topological polar surface area (TPSA) is 40.5 Å². The highest BCUT2D eigenvalue weighted by molar-refractivity contribution is 8.76. The molecule has 0 fully saturated rings. The highest BCUT2D eigenvalue weighted by atomic mass is 33.1. The minimum atomic E-state index is 0.0616. The van der Waals surface area contributed by atoms with Crippen molar-refractivity contribution < 1.29 is 10.2 Å². The number of hydrogen-bond acceptors (Lipinski definition) is 4. The van der Waals surface area contributed by atoms with Gasteiger partial charge in [0.25, 0.3) is 0 Å². The zero-order valence-electron chi connectivity index (χ0n) is 15.5. The van der Waals surface area contributed by atoms with Crippen LogP contribution in [-0.2, 0) is 24.7 Å². The molecule has 0 saturated carbocycles. The maximum atomic E-state index is 9.70. The van der Waals surface area contributed by atoms with Crippen LogP contribution in [-0.4, -0.2) is 10.2 Å². The van der Waals surface area contributed by atoms with Crippen molar-refractivity contribution in [2.45, 2.75) is 24.7 Å². The fourth-order valence-corrected chi connectivity index (χ4v) is 5.88. The third kappa shape index (κ3) is 3.91. The molecular formula is C24H22O2S2. The van der Waals surface area contributed by atoms with Crippen molar-refractivity contribution >= 4 is 43.1 Å². The third-order valence-electron chi connectivity index (χ3n) is 5.01. The Bertz CT molecular complexity index is 1010. The van der Waals surface area contributed by atoms with Crippen molar-refractivity contribution in [2.75, 3.05) is 0 Å². The van der Waals surface area contributed by atoms with Crippen LogP contribution >= 0.6 is 21.6 Å². The van der Waals surface area contributed by atoms with Gasteiger partial charge in [0, 0.05) is 11.5 Å². The molecular weight excluding hydrogens is 384 g/mol. The quantitative estimate of drug-likeness (QED) is 0.289. The molecule has 4 aromatic rings. The summed E-state index contributed by atoms with van der Waals surface area (Å²) >= 11 is 0. The van der Waals surface area contributed by atoms with Gasteiger partial charge >= 0.3 is 0 Å². The maximum absolute atomic E-state index is 9.70. The average Bonchev–Trinajstić information content (AvgIpc) is 2.75. The summed E-state index contributed by atoms with van der Waals surface area (Å²) in [5, 5.41) is 24.1. The lowest BCUT2D eigenvalue weighted by Gasteiger charge is -2.11. The van der Waals surface area contributed by atoms with E-state index in [9.17, 15) is 10.2 Å². The molecule has 0 aliphatic heterocycles. The van der Waals surface area contributed by atoms with E-state index in [0.717, 1.165) is 22.6 Å². The second kappa shape index (κ2) is 9.01. The SMILES string of the molecule is OCc1cccc2cccc(CSSCc3cccc4cccc(CO)c34)c12. The summed E-state index contributed by atoms with van der Waals surface area (Å²) < 4.78 is 0. The first-order valence-electron chi connectivity index (χ1n) is 9.27. The molecule has 0 aliphatic rings. The lowest BCUT2D eigenvalue weighted by Crippen LogP contribution is -1.92. The van der Waals surface area contributed by atoms with Crippen LogP contribution < -0.4 is 0 Å². The van der Waals surface area contributed by atoms with E-state index in [1.54, 1.807) is 0 Å². The Morgan fingerprint density at radius 3 is 1.21 bits per heavy atom. The predicted molar refractivity (Wildman–Crippen MR) is 122 cm³/mol. The molecule has 0 aromatic heterocycles. The molecule has 2 nitrogen and oxygen atoms in total. The van der Waals surface area contributed by atoms with E-state index in [4.69, 9.17) is 0 Å². The molecule has 2 N–H and O–H groups in total. The predicted octanol–water partition coefficient (Wildman–Crippen LogP) is 6.06. The summed E-state index contributed by atoms with van der Waals surface area (Å²) in [7, 11) is 3.66. The number of aliphatic hydroxyl groups excluding tert-OH is 2. The summed E-state index contributed by atoms with van der Waals surface area (Å²) in [5.74, 6) is 1.77. The van der Waals surface area contributed by atoms with Gasteiger partial charge in [-0.2, -0.15) is 0 Å². The molecule has 0 unspecified atom stereocenters. The first-order valence-corrected chi connectivity index (χ1v) is 11.8. The normalized spacial score (nSPS) is 11.4. The molecule has 0 atom stereocenters. The Kier molecular flexibility index (Phi) is 6.23. The second-order valence-electron chi connectivity index (χ2n) is 6.71. The fraction of sp³-hybridized carbons (Fsp3) is 0.167. The van der Waals surface area contributed by atoms with Gasteiger partial charge in [-0.25, -0.2) is 0 Å². The monoisotopic (exact) mass is 406 g/mol. The van der Waals surface area contributed by atoms with Crippen molar-refractivity contribution in [1.82, 2.24) is 0 Å². The summed E-state index contributed by atoms with van der Waals surface area (Å²) in [6.07, 6.45) is 0. The average molecular weight is 407 g/mol. The van der Waals surface area contributed by atoms with Gasteiger partial charge in [-0.1, -0.05) is 94.4 Å². The molecule has 4 aromatic carbocycles. The number of fused-ring (bicyclic) bond motifs is 2. The van der Waals surface area contributed by atoms with Gasteiger partial charge in [0.15, 0.2) is 0 Å². The summed E-state index contributed by atoms with van der Waals surface area (Å²) in [6, 6.07) is 24.9. The van der Waals surface area contributed by atoms with E-state index in [0.29, 0.717) is 0 Å². The van der Waals surface area contributed by atoms with Crippen LogP contribution in [0.2, 0.25) is 0 Å². The molecule has 4 heteroatoms. The lowest BCUT2D eigenvalue weighted by molar-refractivity contribution is 0.283. The largest absolute Gasteiger partial charge is 0.392 e. The van der Waals surface area contributed by atoms with Crippen molar-refractivity contribution in [3.63, 3.8) is 0 Å². The number of rotatable bonds is 7. The van der Waals surface area contributed by atoms with Crippen LogP contribution in [0.25, 0.3) is 21.5 Å². The van der Waals surface area contributed by atoms with Crippen LogP contribution in [0, 0.1) is 0 Å². The standard InChI is InChI=1S/C24H22O2S2/c25-13-19-9-1-5-17-7-3-11-21(23(17)19)15-27-28-16-22-12-4-8-18-6-2-10-20(14-26)24(18)22/h1-12,25-26H,13-16H2. The molecule has 142 valence electrons. The van der Waals surface area contributed by atoms with E-state index in [2.05, 4.69) is 48.5 Å². The second-order valence-corrected chi connectivity index (χ2v) is 9.17. The zero-order valence-corrected chi connectivity index (χ0v) is 17.1. The van der Waals surface area contributed by atoms with Gasteiger partial charge in [0.05, 0.1) is 13.2 Å². The molecule has 4 rings (SSSR count). The first kappa shape index (κ1) is 19.3. The Morgan fingerprint density at radius 1 is 0.500 bits per heavy atom. The van der Waals surface area contributed by atoms with Crippen molar-refractivity contribution in [1.29, 1.82) is 0 Å². The first-order chi connectivity index (χ1) is 13.8. The Labute approximate surface area is 173 Å². The van der Waals surface area contributed by atoms with Gasteiger partial charge in [0.2, 0.25) is 0 Å². The molecule has 0 aliphatic carbocycles. The summed E-state index contributed by atoms with van der Waals surface area (Å²) in [5.41, 5.74) is 4.49. The van der Waals surface area contributed by atoms with Gasteiger partial charge < -0.3 is 10.2 Å². The van der Waals surface area contributed by atoms with E-state index in [1.807, 2.05) is 45.9 Å². The number of hydrogen-bond donors (Lipinski definition) is 2. The van der Waals surface area contributed by atoms with E-state index >= 15 is 0 Å². The van der Waals surface area contributed by atoms with Crippen molar-refractivity contribution in [2.24, 2.45) is 0 Å². The fourth-order valence-electron chi connectivity index (χ4n) is 3.72. The lowest BCUT2D eigenvalue weighted by atomic mass is 10.0. The third-order valence-corrected chi connectivity index (χ3v) is 7.24. The summed E-state index contributed by atoms with van der Waals surface area (Å²) in [6.45, 7) is 0.123. The van der Waals surface area contributed by atoms with Gasteiger partial charge in [-0.15, -0.1) is 0 Å². The minimum Gasteiger partial charge on any atom is -0.392 e. The smallest absolute Gasteiger partial charge is 0.0687 e. The van der Waals surface area contributed by atoms with E-state index in [1.165, 1.54) is 32.7 Å². The summed E-state index contributed by atoms with van der Waals surface area (Å²) in [4.78, 5) is 0. The van der Waals surface area contributed by atoms with Crippen LogP contribution in [0.15, 0.2) is 72.8 Å². The number of benzene rings is 4. The Morgan fingerprint density at radius 2 is 0.857 bits per heavy atom. The molecule has 0 bridgehead atoms.